The highest BCUT2D eigenvalue weighted by Crippen LogP contribution is 2.57. The van der Waals surface area contributed by atoms with E-state index in [0.717, 1.165) is 5.69 Å². The van der Waals surface area contributed by atoms with Crippen LogP contribution in [0, 0.1) is 0 Å². The van der Waals surface area contributed by atoms with Crippen molar-refractivity contribution in [2.75, 3.05) is 4.90 Å². The van der Waals surface area contributed by atoms with Crippen LogP contribution in [-0.4, -0.2) is 6.04 Å². The van der Waals surface area contributed by atoms with Crippen LogP contribution in [0.4, 0.5) is 11.4 Å². The molecule has 3 aliphatic carbocycles. The van der Waals surface area contributed by atoms with Gasteiger partial charge < -0.3 is 4.90 Å². The molecule has 60 heavy (non-hydrogen) atoms. The lowest BCUT2D eigenvalue weighted by molar-refractivity contribution is 0.550. The summed E-state index contributed by atoms with van der Waals surface area (Å²) < 4.78 is 0. The smallest absolute Gasteiger partial charge is 0.0628 e. The molecule has 0 N–H and O–H groups in total. The Balaban J connectivity index is 1.00. The van der Waals surface area contributed by atoms with E-state index in [1.807, 2.05) is 0 Å². The van der Waals surface area contributed by atoms with Gasteiger partial charge in [0.2, 0.25) is 0 Å². The molecule has 8 aromatic carbocycles. The molecule has 0 aliphatic heterocycles. The first-order chi connectivity index (χ1) is 29.7. The van der Waals surface area contributed by atoms with E-state index in [4.69, 9.17) is 0 Å². The molecule has 2 atom stereocenters. The van der Waals surface area contributed by atoms with Gasteiger partial charge >= 0.3 is 0 Å². The fourth-order valence-corrected chi connectivity index (χ4v) is 10.7. The fourth-order valence-electron chi connectivity index (χ4n) is 10.7. The molecule has 1 spiro atoms. The lowest BCUT2D eigenvalue weighted by atomic mass is 9.76. The molecule has 2 unspecified atom stereocenters. The summed E-state index contributed by atoms with van der Waals surface area (Å²) in [7, 11) is 0. The number of allylic oxidation sites excluding steroid dienone is 2. The fraction of sp³-hybridized carbons (Fsp3) is 0.119. The maximum absolute atomic E-state index is 2.55. The third-order valence-corrected chi connectivity index (χ3v) is 13.5. The maximum atomic E-state index is 2.55. The molecule has 1 saturated carbocycles. The first kappa shape index (κ1) is 36.1. The van der Waals surface area contributed by atoms with Crippen molar-refractivity contribution >= 4 is 11.4 Å². The Hall–Kier alpha value is -6.96. The van der Waals surface area contributed by atoms with Crippen LogP contribution in [0.5, 0.6) is 0 Å². The Kier molecular flexibility index (Phi) is 9.23. The predicted octanol–water partition coefficient (Wildman–Crippen LogP) is 15.6. The van der Waals surface area contributed by atoms with Gasteiger partial charge in [-0.05, 0) is 115 Å². The SMILES string of the molecule is C1=CC(c2ccccc2-c2ccccc2-c2ccccc2)C(N(c2ccc(-c3ccccc3)cc2)c2ccc(-c3ccc4c(c3)C3(CCCC3)c3ccccc3-4)cc2)C=C1. The van der Waals surface area contributed by atoms with Gasteiger partial charge in [-0.1, -0.05) is 207 Å². The highest BCUT2D eigenvalue weighted by Gasteiger charge is 2.45. The van der Waals surface area contributed by atoms with Crippen molar-refractivity contribution in [2.24, 2.45) is 0 Å². The lowest BCUT2D eigenvalue weighted by Gasteiger charge is -2.38. The van der Waals surface area contributed by atoms with E-state index in [2.05, 4.69) is 229 Å². The van der Waals surface area contributed by atoms with Gasteiger partial charge in [-0.2, -0.15) is 0 Å². The molecule has 0 bridgehead atoms. The zero-order valence-electron chi connectivity index (χ0n) is 33.8. The van der Waals surface area contributed by atoms with Crippen molar-refractivity contribution in [3.8, 4) is 55.6 Å². The minimum atomic E-state index is 0.0224. The predicted molar refractivity (Wildman–Crippen MR) is 253 cm³/mol. The second-order valence-electron chi connectivity index (χ2n) is 16.7. The largest absolute Gasteiger partial charge is 0.334 e. The first-order valence-corrected chi connectivity index (χ1v) is 21.6. The zero-order valence-corrected chi connectivity index (χ0v) is 33.8. The summed E-state index contributed by atoms with van der Waals surface area (Å²) in [4.78, 5) is 2.55. The second-order valence-corrected chi connectivity index (χ2v) is 16.7. The van der Waals surface area contributed by atoms with E-state index in [1.165, 1.54) is 104 Å². The topological polar surface area (TPSA) is 3.24 Å². The minimum Gasteiger partial charge on any atom is -0.334 e. The molecule has 11 rings (SSSR count). The maximum Gasteiger partial charge on any atom is 0.0628 e. The van der Waals surface area contributed by atoms with Crippen LogP contribution in [0.2, 0.25) is 0 Å². The van der Waals surface area contributed by atoms with Gasteiger partial charge in [-0.3, -0.25) is 0 Å². The average Bonchev–Trinajstić information content (AvgIpc) is 3.94. The Morgan fingerprint density at radius 2 is 0.867 bits per heavy atom. The van der Waals surface area contributed by atoms with Crippen molar-refractivity contribution in [1.29, 1.82) is 0 Å². The number of nitrogens with zero attached hydrogens (tertiary/aromatic N) is 1. The van der Waals surface area contributed by atoms with Crippen molar-refractivity contribution < 1.29 is 0 Å². The number of benzene rings is 8. The molecule has 0 heterocycles. The summed E-state index contributed by atoms with van der Waals surface area (Å²) in [6.45, 7) is 0. The van der Waals surface area contributed by atoms with Crippen LogP contribution in [0.3, 0.4) is 0 Å². The summed E-state index contributed by atoms with van der Waals surface area (Å²) in [5.41, 5.74) is 19.7. The normalized spacial score (nSPS) is 17.1. The Bertz CT molecular complexity index is 2860. The standard InChI is InChI=1S/C59H47N/c1-3-17-42(18-4-1)43-29-34-47(35-30-43)60(48-36-31-44(32-37-48)46-33-38-54-53-25-11-13-27-56(53)59(57(54)41-46)39-15-16-40-59)58-28-14-12-26-55(58)52-24-10-9-23-51(52)50-22-8-7-21-49(50)45-19-5-2-6-20-45/h1-14,17-38,41,55,58H,15-16,39-40H2. The summed E-state index contributed by atoms with van der Waals surface area (Å²) in [6, 6.07) is 74.3. The minimum absolute atomic E-state index is 0.0224. The highest BCUT2D eigenvalue weighted by molar-refractivity contribution is 5.87. The van der Waals surface area contributed by atoms with E-state index < -0.39 is 0 Å². The molecule has 0 radical (unpaired) electrons. The van der Waals surface area contributed by atoms with E-state index >= 15 is 0 Å². The van der Waals surface area contributed by atoms with Crippen LogP contribution in [-0.2, 0) is 5.41 Å². The van der Waals surface area contributed by atoms with E-state index in [-0.39, 0.29) is 17.4 Å². The molecule has 3 aliphatic rings. The number of rotatable bonds is 8. The molecule has 288 valence electrons. The molecule has 8 aromatic rings. The van der Waals surface area contributed by atoms with E-state index in [9.17, 15) is 0 Å². The van der Waals surface area contributed by atoms with Gasteiger partial charge in [-0.15, -0.1) is 0 Å². The van der Waals surface area contributed by atoms with Crippen LogP contribution in [0.1, 0.15) is 48.3 Å². The van der Waals surface area contributed by atoms with Crippen molar-refractivity contribution in [3.05, 3.63) is 241 Å². The highest BCUT2D eigenvalue weighted by atomic mass is 15.2. The summed E-state index contributed by atoms with van der Waals surface area (Å²) in [5, 5.41) is 0. The summed E-state index contributed by atoms with van der Waals surface area (Å²) >= 11 is 0. The number of hydrogen-bond donors (Lipinski definition) is 0. The molecule has 1 fully saturated rings. The van der Waals surface area contributed by atoms with Gasteiger partial charge in [-0.25, -0.2) is 0 Å². The van der Waals surface area contributed by atoms with Gasteiger partial charge in [0.1, 0.15) is 0 Å². The van der Waals surface area contributed by atoms with Crippen molar-refractivity contribution in [1.82, 2.24) is 0 Å². The van der Waals surface area contributed by atoms with Crippen LogP contribution in [0.25, 0.3) is 55.6 Å². The zero-order chi connectivity index (χ0) is 39.9. The van der Waals surface area contributed by atoms with Gasteiger partial charge in [0.15, 0.2) is 0 Å². The van der Waals surface area contributed by atoms with Gasteiger partial charge in [0.25, 0.3) is 0 Å². The number of fused-ring (bicyclic) bond motifs is 5. The third kappa shape index (κ3) is 6.25. The molecule has 0 amide bonds. The van der Waals surface area contributed by atoms with Crippen LogP contribution in [0.15, 0.2) is 224 Å². The summed E-state index contributed by atoms with van der Waals surface area (Å²) in [5.74, 6) is 0.0875. The van der Waals surface area contributed by atoms with Crippen molar-refractivity contribution in [3.63, 3.8) is 0 Å². The Morgan fingerprint density at radius 3 is 1.57 bits per heavy atom. The molecular formula is C59H47N. The number of hydrogen-bond acceptors (Lipinski definition) is 1. The molecule has 0 aromatic heterocycles. The quantitative estimate of drug-likeness (QED) is 0.149. The molecular weight excluding hydrogens is 723 g/mol. The Morgan fingerprint density at radius 1 is 0.367 bits per heavy atom. The Labute approximate surface area is 354 Å². The average molecular weight is 770 g/mol. The molecule has 1 nitrogen and oxygen atoms in total. The summed E-state index contributed by atoms with van der Waals surface area (Å²) in [6.07, 6.45) is 14.3. The second kappa shape index (κ2) is 15.3. The van der Waals surface area contributed by atoms with Crippen molar-refractivity contribution in [2.45, 2.75) is 43.1 Å². The van der Waals surface area contributed by atoms with E-state index in [0.29, 0.717) is 0 Å². The lowest BCUT2D eigenvalue weighted by Crippen LogP contribution is -2.35. The van der Waals surface area contributed by atoms with Gasteiger partial charge in [0.05, 0.1) is 6.04 Å². The third-order valence-electron chi connectivity index (χ3n) is 13.5. The van der Waals surface area contributed by atoms with E-state index in [1.54, 1.807) is 0 Å². The van der Waals surface area contributed by atoms with Crippen LogP contribution >= 0.6 is 0 Å². The molecule has 1 heteroatoms. The van der Waals surface area contributed by atoms with Gasteiger partial charge in [0, 0.05) is 22.7 Å². The number of anilines is 2. The first-order valence-electron chi connectivity index (χ1n) is 21.6. The van der Waals surface area contributed by atoms with Crippen LogP contribution < -0.4 is 4.90 Å². The monoisotopic (exact) mass is 769 g/mol. The molecule has 0 saturated heterocycles.